The van der Waals surface area contributed by atoms with Crippen LogP contribution in [0, 0.1) is 0 Å². The highest BCUT2D eigenvalue weighted by molar-refractivity contribution is 7.98. The van der Waals surface area contributed by atoms with E-state index in [9.17, 15) is 0 Å². The van der Waals surface area contributed by atoms with Crippen molar-refractivity contribution in [3.63, 3.8) is 0 Å². The third kappa shape index (κ3) is 4.65. The van der Waals surface area contributed by atoms with Gasteiger partial charge < -0.3 is 9.47 Å². The summed E-state index contributed by atoms with van der Waals surface area (Å²) in [5, 5.41) is 7.03. The van der Waals surface area contributed by atoms with Gasteiger partial charge in [-0.3, -0.25) is 4.98 Å². The highest BCUT2D eigenvalue weighted by Crippen LogP contribution is 2.38. The molecule has 0 bridgehead atoms. The summed E-state index contributed by atoms with van der Waals surface area (Å²) in [6.45, 7) is 2.69. The fraction of sp³-hybridized carbons (Fsp3) is 0.308. The van der Waals surface area contributed by atoms with E-state index in [0.717, 1.165) is 59.3 Å². The lowest BCUT2D eigenvalue weighted by atomic mass is 10.1. The summed E-state index contributed by atoms with van der Waals surface area (Å²) in [4.78, 5) is 5.23. The van der Waals surface area contributed by atoms with Crippen molar-refractivity contribution in [3.05, 3.63) is 70.5 Å². The molecule has 5 rings (SSSR count). The van der Waals surface area contributed by atoms with Crippen LogP contribution in [0.25, 0.3) is 22.2 Å². The predicted molar refractivity (Wildman–Crippen MR) is 139 cm³/mol. The fourth-order valence-corrected chi connectivity index (χ4v) is 5.52. The van der Waals surface area contributed by atoms with Crippen LogP contribution >= 0.6 is 35.0 Å². The zero-order chi connectivity index (χ0) is 23.7. The van der Waals surface area contributed by atoms with E-state index < -0.39 is 0 Å². The van der Waals surface area contributed by atoms with Crippen molar-refractivity contribution in [2.24, 2.45) is 0 Å². The van der Waals surface area contributed by atoms with E-state index in [1.807, 2.05) is 23.7 Å². The zero-order valence-corrected chi connectivity index (χ0v) is 21.3. The SMILES string of the molecule is CSc1cccc(-c2nn(C3CCCCO3)c3ccc(OC(C)c4c(Cl)cncc4Cl)cc23)c1. The number of ether oxygens (including phenoxy) is 2. The summed E-state index contributed by atoms with van der Waals surface area (Å²) < 4.78 is 14.4. The summed E-state index contributed by atoms with van der Waals surface area (Å²) in [7, 11) is 0. The Bertz CT molecular complexity index is 1300. The minimum absolute atomic E-state index is 0.0612. The van der Waals surface area contributed by atoms with Gasteiger partial charge in [0.15, 0.2) is 6.23 Å². The number of hydrogen-bond donors (Lipinski definition) is 0. The van der Waals surface area contributed by atoms with E-state index in [1.54, 1.807) is 24.2 Å². The lowest BCUT2D eigenvalue weighted by Gasteiger charge is -2.23. The fourth-order valence-electron chi connectivity index (χ4n) is 4.39. The number of thioether (sulfide) groups is 1. The molecule has 1 saturated heterocycles. The van der Waals surface area contributed by atoms with Gasteiger partial charge in [0.2, 0.25) is 0 Å². The quantitative estimate of drug-likeness (QED) is 0.244. The molecule has 34 heavy (non-hydrogen) atoms. The normalized spacial score (nSPS) is 17.1. The highest BCUT2D eigenvalue weighted by atomic mass is 35.5. The highest BCUT2D eigenvalue weighted by Gasteiger charge is 2.23. The molecule has 2 aromatic carbocycles. The van der Waals surface area contributed by atoms with E-state index >= 15 is 0 Å². The molecule has 1 aliphatic heterocycles. The Morgan fingerprint density at radius 1 is 1.12 bits per heavy atom. The molecule has 2 atom stereocenters. The molecule has 5 nitrogen and oxygen atoms in total. The number of rotatable bonds is 6. The monoisotopic (exact) mass is 513 g/mol. The average molecular weight is 514 g/mol. The van der Waals surface area contributed by atoms with Gasteiger partial charge >= 0.3 is 0 Å². The average Bonchev–Trinajstić information content (AvgIpc) is 3.23. The van der Waals surface area contributed by atoms with Gasteiger partial charge in [-0.1, -0.05) is 35.3 Å². The maximum absolute atomic E-state index is 6.35. The number of pyridine rings is 1. The molecule has 1 aliphatic rings. The Morgan fingerprint density at radius 3 is 2.68 bits per heavy atom. The maximum atomic E-state index is 6.35. The van der Waals surface area contributed by atoms with Gasteiger partial charge in [0.25, 0.3) is 0 Å². The first-order valence-corrected chi connectivity index (χ1v) is 13.3. The standard InChI is InChI=1S/C26H25Cl2N3O2S/c1-16(25-21(27)14-29-15-22(25)28)33-18-9-10-23-20(13-18)26(17-6-5-7-19(12-17)34-2)30-31(23)24-8-3-4-11-32-24/h5-7,9-10,12-16,24H,3-4,8,11H2,1-2H3. The minimum Gasteiger partial charge on any atom is -0.486 e. The summed E-state index contributed by atoms with van der Waals surface area (Å²) in [5.41, 5.74) is 3.73. The van der Waals surface area contributed by atoms with Crippen molar-refractivity contribution in [1.82, 2.24) is 14.8 Å². The smallest absolute Gasteiger partial charge is 0.150 e. The molecule has 0 spiro atoms. The van der Waals surface area contributed by atoms with Gasteiger partial charge in [-0.15, -0.1) is 11.8 Å². The summed E-state index contributed by atoms with van der Waals surface area (Å²) in [6, 6.07) is 14.5. The Labute approximate surface area is 213 Å². The topological polar surface area (TPSA) is 49.2 Å². The first-order valence-electron chi connectivity index (χ1n) is 11.3. The first kappa shape index (κ1) is 23.5. The van der Waals surface area contributed by atoms with Crippen LogP contribution in [-0.2, 0) is 4.74 Å². The lowest BCUT2D eigenvalue weighted by molar-refractivity contribution is -0.0365. The van der Waals surface area contributed by atoms with Crippen LogP contribution in [0.15, 0.2) is 59.8 Å². The molecule has 1 fully saturated rings. The predicted octanol–water partition coefficient (Wildman–Crippen LogP) is 7.97. The number of hydrogen-bond acceptors (Lipinski definition) is 5. The van der Waals surface area contributed by atoms with Crippen molar-refractivity contribution in [3.8, 4) is 17.0 Å². The van der Waals surface area contributed by atoms with Crippen LogP contribution in [0.2, 0.25) is 10.0 Å². The van der Waals surface area contributed by atoms with Crippen molar-refractivity contribution >= 4 is 45.9 Å². The number of nitrogens with zero attached hydrogens (tertiary/aromatic N) is 3. The Morgan fingerprint density at radius 2 is 1.94 bits per heavy atom. The van der Waals surface area contributed by atoms with Crippen LogP contribution in [0.4, 0.5) is 0 Å². The molecule has 0 aliphatic carbocycles. The maximum Gasteiger partial charge on any atom is 0.150 e. The van der Waals surface area contributed by atoms with Crippen molar-refractivity contribution in [1.29, 1.82) is 0 Å². The van der Waals surface area contributed by atoms with Crippen LogP contribution in [0.1, 0.15) is 44.1 Å². The zero-order valence-electron chi connectivity index (χ0n) is 19.0. The number of fused-ring (bicyclic) bond motifs is 1. The number of aromatic nitrogens is 3. The molecule has 0 radical (unpaired) electrons. The second-order valence-electron chi connectivity index (χ2n) is 8.30. The lowest BCUT2D eigenvalue weighted by Crippen LogP contribution is -2.19. The van der Waals surface area contributed by atoms with Crippen molar-refractivity contribution in [2.45, 2.75) is 43.4 Å². The molecule has 4 aromatic rings. The summed E-state index contributed by atoms with van der Waals surface area (Å²) >= 11 is 14.4. The van der Waals surface area contributed by atoms with Gasteiger partial charge in [0, 0.05) is 40.4 Å². The Balaban J connectivity index is 1.58. The van der Waals surface area contributed by atoms with Gasteiger partial charge in [-0.2, -0.15) is 5.10 Å². The second kappa shape index (κ2) is 10.2. The van der Waals surface area contributed by atoms with Crippen LogP contribution in [0.3, 0.4) is 0 Å². The van der Waals surface area contributed by atoms with E-state index in [0.29, 0.717) is 10.0 Å². The van der Waals surface area contributed by atoms with Crippen LogP contribution < -0.4 is 4.74 Å². The van der Waals surface area contributed by atoms with E-state index in [1.165, 1.54) is 4.90 Å². The van der Waals surface area contributed by atoms with Gasteiger partial charge in [0.1, 0.15) is 17.5 Å². The molecule has 2 aromatic heterocycles. The van der Waals surface area contributed by atoms with Crippen molar-refractivity contribution < 1.29 is 9.47 Å². The molecular weight excluding hydrogens is 489 g/mol. The molecule has 3 heterocycles. The third-order valence-electron chi connectivity index (χ3n) is 6.06. The molecule has 0 saturated carbocycles. The third-order valence-corrected chi connectivity index (χ3v) is 7.39. The molecule has 8 heteroatoms. The van der Waals surface area contributed by atoms with Crippen LogP contribution in [0.5, 0.6) is 5.75 Å². The number of halogens is 2. The molecular formula is C26H25Cl2N3O2S. The largest absolute Gasteiger partial charge is 0.486 e. The van der Waals surface area contributed by atoms with E-state index in [2.05, 4.69) is 41.6 Å². The molecule has 176 valence electrons. The van der Waals surface area contributed by atoms with E-state index in [4.69, 9.17) is 37.8 Å². The Kier molecular flexibility index (Phi) is 7.02. The molecule has 0 amide bonds. The number of benzene rings is 2. The Hall–Kier alpha value is -2.25. The molecule has 0 N–H and O–H groups in total. The van der Waals surface area contributed by atoms with Crippen molar-refractivity contribution in [2.75, 3.05) is 12.9 Å². The summed E-state index contributed by atoms with van der Waals surface area (Å²) in [5.74, 6) is 0.718. The molecule has 2 unspecified atom stereocenters. The summed E-state index contributed by atoms with van der Waals surface area (Å²) in [6.07, 6.45) is 8.01. The van der Waals surface area contributed by atoms with Crippen LogP contribution in [-0.4, -0.2) is 27.6 Å². The second-order valence-corrected chi connectivity index (χ2v) is 10.00. The first-order chi connectivity index (χ1) is 16.5. The van der Waals surface area contributed by atoms with E-state index in [-0.39, 0.29) is 12.3 Å². The minimum atomic E-state index is -0.347. The van der Waals surface area contributed by atoms with Gasteiger partial charge in [-0.25, -0.2) is 4.68 Å². The van der Waals surface area contributed by atoms with Gasteiger partial charge in [0.05, 0.1) is 15.6 Å². The van der Waals surface area contributed by atoms with Gasteiger partial charge in [-0.05, 0) is 62.8 Å².